The number of para-hydroxylation sites is 1. The van der Waals surface area contributed by atoms with Gasteiger partial charge in [-0.15, -0.1) is 0 Å². The highest BCUT2D eigenvalue weighted by atomic mass is 15.0. The van der Waals surface area contributed by atoms with Crippen LogP contribution in [0.2, 0.25) is 0 Å². The molecule has 1 heterocycles. The van der Waals surface area contributed by atoms with Gasteiger partial charge in [0, 0.05) is 11.4 Å². The van der Waals surface area contributed by atoms with Crippen LogP contribution in [0.3, 0.4) is 0 Å². The quantitative estimate of drug-likeness (QED) is 0.881. The van der Waals surface area contributed by atoms with Gasteiger partial charge in [-0.25, -0.2) is 4.98 Å². The van der Waals surface area contributed by atoms with E-state index in [0.717, 1.165) is 29.6 Å². The van der Waals surface area contributed by atoms with Gasteiger partial charge in [0.15, 0.2) is 0 Å². The van der Waals surface area contributed by atoms with Crippen LogP contribution in [0.1, 0.15) is 45.1 Å². The molecule has 0 bridgehead atoms. The molecule has 3 rings (SSSR count). The van der Waals surface area contributed by atoms with Gasteiger partial charge < -0.3 is 5.32 Å². The Morgan fingerprint density at radius 3 is 2.67 bits per heavy atom. The zero-order chi connectivity index (χ0) is 14.9. The van der Waals surface area contributed by atoms with Gasteiger partial charge in [-0.1, -0.05) is 32.0 Å². The predicted molar refractivity (Wildman–Crippen MR) is 86.1 cm³/mol. The predicted octanol–water partition coefficient (Wildman–Crippen LogP) is 4.49. The second-order valence-corrected chi connectivity index (χ2v) is 6.77. The smallest absolute Gasteiger partial charge is 0.144 e. The molecule has 3 heteroatoms. The van der Waals surface area contributed by atoms with Crippen LogP contribution in [0.15, 0.2) is 30.3 Å². The van der Waals surface area contributed by atoms with E-state index in [4.69, 9.17) is 0 Å². The van der Waals surface area contributed by atoms with Crippen molar-refractivity contribution in [3.8, 4) is 6.07 Å². The van der Waals surface area contributed by atoms with Gasteiger partial charge >= 0.3 is 0 Å². The SMILES string of the molecule is CC1(C)CCC(Nc2nc3ccccc3cc2C#N)CC1. The molecule has 3 nitrogen and oxygen atoms in total. The molecule has 21 heavy (non-hydrogen) atoms. The summed E-state index contributed by atoms with van der Waals surface area (Å²) in [6.45, 7) is 4.66. The molecule has 1 N–H and O–H groups in total. The van der Waals surface area contributed by atoms with E-state index < -0.39 is 0 Å². The normalized spacial score (nSPS) is 18.3. The Kier molecular flexibility index (Phi) is 3.55. The molecule has 0 amide bonds. The van der Waals surface area contributed by atoms with Gasteiger partial charge in [0.05, 0.1) is 11.1 Å². The molecule has 2 aromatic rings. The summed E-state index contributed by atoms with van der Waals surface area (Å²) in [7, 11) is 0. The Labute approximate surface area is 126 Å². The second-order valence-electron chi connectivity index (χ2n) is 6.77. The molecule has 1 aliphatic carbocycles. The Bertz CT molecular complexity index is 687. The van der Waals surface area contributed by atoms with Crippen LogP contribution in [-0.4, -0.2) is 11.0 Å². The van der Waals surface area contributed by atoms with Crippen molar-refractivity contribution in [2.75, 3.05) is 5.32 Å². The van der Waals surface area contributed by atoms with E-state index in [0.29, 0.717) is 17.0 Å². The van der Waals surface area contributed by atoms with Crippen LogP contribution >= 0.6 is 0 Å². The minimum atomic E-state index is 0.429. The number of hydrogen-bond acceptors (Lipinski definition) is 3. The fourth-order valence-corrected chi connectivity index (χ4v) is 3.05. The lowest BCUT2D eigenvalue weighted by Crippen LogP contribution is -2.30. The Hall–Kier alpha value is -2.08. The van der Waals surface area contributed by atoms with Crippen LogP contribution in [0.4, 0.5) is 5.82 Å². The third-order valence-electron chi connectivity index (χ3n) is 4.52. The number of aromatic nitrogens is 1. The van der Waals surface area contributed by atoms with Crippen LogP contribution in [0.25, 0.3) is 10.9 Å². The first-order chi connectivity index (χ1) is 10.1. The highest BCUT2D eigenvalue weighted by Crippen LogP contribution is 2.36. The fourth-order valence-electron chi connectivity index (χ4n) is 3.05. The molecular weight excluding hydrogens is 258 g/mol. The Morgan fingerprint density at radius 1 is 1.24 bits per heavy atom. The molecule has 0 saturated heterocycles. The Morgan fingerprint density at radius 2 is 1.95 bits per heavy atom. The zero-order valence-corrected chi connectivity index (χ0v) is 12.7. The van der Waals surface area contributed by atoms with Gasteiger partial charge in [0.2, 0.25) is 0 Å². The van der Waals surface area contributed by atoms with Crippen molar-refractivity contribution in [2.24, 2.45) is 5.41 Å². The summed E-state index contributed by atoms with van der Waals surface area (Å²) < 4.78 is 0. The molecular formula is C18H21N3. The number of nitrogens with zero attached hydrogens (tertiary/aromatic N) is 2. The summed E-state index contributed by atoms with van der Waals surface area (Å²) in [6.07, 6.45) is 4.74. The van der Waals surface area contributed by atoms with E-state index in [1.54, 1.807) is 0 Å². The molecule has 0 radical (unpaired) electrons. The van der Waals surface area contributed by atoms with E-state index in [1.165, 1.54) is 12.8 Å². The first-order valence-electron chi connectivity index (χ1n) is 7.64. The molecule has 0 aliphatic heterocycles. The topological polar surface area (TPSA) is 48.7 Å². The molecule has 1 aliphatic rings. The number of hydrogen-bond donors (Lipinski definition) is 1. The van der Waals surface area contributed by atoms with Crippen LogP contribution in [0.5, 0.6) is 0 Å². The second kappa shape index (κ2) is 5.37. The van der Waals surface area contributed by atoms with Crippen molar-refractivity contribution in [3.05, 3.63) is 35.9 Å². The van der Waals surface area contributed by atoms with E-state index in [9.17, 15) is 5.26 Å². The minimum Gasteiger partial charge on any atom is -0.366 e. The maximum absolute atomic E-state index is 9.36. The number of nitrogens with one attached hydrogen (secondary N) is 1. The van der Waals surface area contributed by atoms with E-state index >= 15 is 0 Å². The summed E-state index contributed by atoms with van der Waals surface area (Å²) in [5.41, 5.74) is 2.03. The molecule has 0 atom stereocenters. The summed E-state index contributed by atoms with van der Waals surface area (Å²) in [6, 6.07) is 12.6. The molecule has 0 unspecified atom stereocenters. The highest BCUT2D eigenvalue weighted by molar-refractivity contribution is 5.82. The van der Waals surface area contributed by atoms with Crippen molar-refractivity contribution in [3.63, 3.8) is 0 Å². The summed E-state index contributed by atoms with van der Waals surface area (Å²) in [5.74, 6) is 0.737. The van der Waals surface area contributed by atoms with E-state index in [1.807, 2.05) is 30.3 Å². The first kappa shape index (κ1) is 13.9. The average Bonchev–Trinajstić information content (AvgIpc) is 2.48. The number of nitriles is 1. The number of fused-ring (bicyclic) bond motifs is 1. The van der Waals surface area contributed by atoms with Crippen molar-refractivity contribution in [1.29, 1.82) is 5.26 Å². The van der Waals surface area contributed by atoms with E-state index in [-0.39, 0.29) is 0 Å². The number of pyridine rings is 1. The molecule has 0 spiro atoms. The van der Waals surface area contributed by atoms with E-state index in [2.05, 4.69) is 30.2 Å². The third-order valence-corrected chi connectivity index (χ3v) is 4.52. The lowest BCUT2D eigenvalue weighted by molar-refractivity contribution is 0.232. The molecule has 1 aromatic heterocycles. The first-order valence-corrected chi connectivity index (χ1v) is 7.64. The van der Waals surface area contributed by atoms with Gasteiger partial charge in [-0.05, 0) is 43.2 Å². The fraction of sp³-hybridized carbons (Fsp3) is 0.444. The van der Waals surface area contributed by atoms with Gasteiger partial charge in [-0.2, -0.15) is 5.26 Å². The largest absolute Gasteiger partial charge is 0.366 e. The monoisotopic (exact) mass is 279 g/mol. The Balaban J connectivity index is 1.85. The van der Waals surface area contributed by atoms with Crippen LogP contribution in [0, 0.1) is 16.7 Å². The zero-order valence-electron chi connectivity index (χ0n) is 12.7. The summed E-state index contributed by atoms with van der Waals surface area (Å²) >= 11 is 0. The lowest BCUT2D eigenvalue weighted by atomic mass is 9.75. The minimum absolute atomic E-state index is 0.429. The van der Waals surface area contributed by atoms with Crippen molar-refractivity contribution < 1.29 is 0 Å². The standard InChI is InChI=1S/C18H21N3/c1-18(2)9-7-15(8-10-18)20-17-14(12-19)11-13-5-3-4-6-16(13)21-17/h3-6,11,15H,7-10H2,1-2H3,(H,20,21). The maximum atomic E-state index is 9.36. The number of benzene rings is 1. The summed E-state index contributed by atoms with van der Waals surface area (Å²) in [4.78, 5) is 4.64. The van der Waals surface area contributed by atoms with Gasteiger partial charge in [-0.3, -0.25) is 0 Å². The lowest BCUT2D eigenvalue weighted by Gasteiger charge is -2.35. The van der Waals surface area contributed by atoms with Crippen LogP contribution < -0.4 is 5.32 Å². The molecule has 108 valence electrons. The van der Waals surface area contributed by atoms with Crippen LogP contribution in [-0.2, 0) is 0 Å². The van der Waals surface area contributed by atoms with Crippen molar-refractivity contribution in [2.45, 2.75) is 45.6 Å². The van der Waals surface area contributed by atoms with Crippen molar-refractivity contribution in [1.82, 2.24) is 4.98 Å². The highest BCUT2D eigenvalue weighted by Gasteiger charge is 2.27. The molecule has 1 aromatic carbocycles. The number of rotatable bonds is 2. The van der Waals surface area contributed by atoms with Gasteiger partial charge in [0.25, 0.3) is 0 Å². The summed E-state index contributed by atoms with van der Waals surface area (Å²) in [5, 5.41) is 13.9. The molecule has 1 fully saturated rings. The number of anilines is 1. The third kappa shape index (κ3) is 3.00. The maximum Gasteiger partial charge on any atom is 0.144 e. The average molecular weight is 279 g/mol. The van der Waals surface area contributed by atoms with Crippen molar-refractivity contribution >= 4 is 16.7 Å². The van der Waals surface area contributed by atoms with Gasteiger partial charge in [0.1, 0.15) is 11.9 Å². The molecule has 1 saturated carbocycles.